The molecule has 0 saturated carbocycles. The standard InChI is InChI=1S/C12H11FN2O2S3/c1-7-5-6-10(19-7)20(16,17)15-9-4-2-3-8(13)11(9)12(14)18/h2-6,15H,1H3,(H2,14,18). The molecule has 0 unspecified atom stereocenters. The summed E-state index contributed by atoms with van der Waals surface area (Å²) in [6.45, 7) is 1.80. The van der Waals surface area contributed by atoms with Crippen molar-refractivity contribution in [2.75, 3.05) is 4.72 Å². The van der Waals surface area contributed by atoms with Crippen molar-refractivity contribution in [1.82, 2.24) is 0 Å². The van der Waals surface area contributed by atoms with E-state index in [0.29, 0.717) is 0 Å². The number of sulfonamides is 1. The van der Waals surface area contributed by atoms with E-state index in [0.717, 1.165) is 16.2 Å². The molecular weight excluding hydrogens is 319 g/mol. The van der Waals surface area contributed by atoms with Crippen LogP contribution in [-0.4, -0.2) is 13.4 Å². The van der Waals surface area contributed by atoms with Gasteiger partial charge >= 0.3 is 0 Å². The van der Waals surface area contributed by atoms with Gasteiger partial charge in [-0.05, 0) is 31.2 Å². The lowest BCUT2D eigenvalue weighted by Gasteiger charge is -2.11. The van der Waals surface area contributed by atoms with Gasteiger partial charge in [-0.15, -0.1) is 11.3 Å². The van der Waals surface area contributed by atoms with Crippen LogP contribution in [0.3, 0.4) is 0 Å². The summed E-state index contributed by atoms with van der Waals surface area (Å²) in [5.74, 6) is -0.667. The molecule has 3 N–H and O–H groups in total. The van der Waals surface area contributed by atoms with Crippen LogP contribution in [-0.2, 0) is 10.0 Å². The van der Waals surface area contributed by atoms with E-state index in [1.54, 1.807) is 13.0 Å². The molecule has 0 aliphatic carbocycles. The summed E-state index contributed by atoms with van der Waals surface area (Å²) in [4.78, 5) is 0.655. The maximum atomic E-state index is 13.7. The average Bonchev–Trinajstić information content (AvgIpc) is 2.75. The van der Waals surface area contributed by atoms with E-state index in [4.69, 9.17) is 18.0 Å². The molecule has 1 aromatic heterocycles. The molecule has 0 radical (unpaired) electrons. The van der Waals surface area contributed by atoms with Crippen LogP contribution < -0.4 is 10.5 Å². The molecule has 1 heterocycles. The van der Waals surface area contributed by atoms with E-state index in [-0.39, 0.29) is 20.4 Å². The number of thiophene rings is 1. The van der Waals surface area contributed by atoms with Gasteiger partial charge in [-0.1, -0.05) is 18.3 Å². The Morgan fingerprint density at radius 1 is 1.35 bits per heavy atom. The summed E-state index contributed by atoms with van der Waals surface area (Å²) in [6.07, 6.45) is 0. The number of rotatable bonds is 4. The first-order chi connectivity index (χ1) is 9.31. The van der Waals surface area contributed by atoms with Gasteiger partial charge < -0.3 is 5.73 Å². The van der Waals surface area contributed by atoms with E-state index < -0.39 is 15.8 Å². The van der Waals surface area contributed by atoms with Gasteiger partial charge in [-0.25, -0.2) is 12.8 Å². The first-order valence-corrected chi connectivity index (χ1v) is 8.19. The van der Waals surface area contributed by atoms with E-state index in [9.17, 15) is 12.8 Å². The van der Waals surface area contributed by atoms with Crippen molar-refractivity contribution in [3.8, 4) is 0 Å². The van der Waals surface area contributed by atoms with Gasteiger partial charge in [0.2, 0.25) is 0 Å². The minimum Gasteiger partial charge on any atom is -0.389 e. The van der Waals surface area contributed by atoms with Gasteiger partial charge in [-0.3, -0.25) is 4.72 Å². The fourth-order valence-electron chi connectivity index (χ4n) is 1.61. The minimum atomic E-state index is -3.78. The zero-order chi connectivity index (χ0) is 14.9. The van der Waals surface area contributed by atoms with Crippen LogP contribution >= 0.6 is 23.6 Å². The zero-order valence-electron chi connectivity index (χ0n) is 10.4. The first-order valence-electron chi connectivity index (χ1n) is 5.49. The number of halogens is 1. The van der Waals surface area contributed by atoms with Crippen LogP contribution in [0.5, 0.6) is 0 Å². The number of nitrogens with two attached hydrogens (primary N) is 1. The smallest absolute Gasteiger partial charge is 0.271 e. The van der Waals surface area contributed by atoms with Crippen molar-refractivity contribution in [3.63, 3.8) is 0 Å². The molecule has 0 fully saturated rings. The maximum absolute atomic E-state index is 13.7. The second-order valence-corrected chi connectivity index (χ2v) is 7.63. The Kier molecular flexibility index (Phi) is 4.07. The Hall–Kier alpha value is -1.51. The van der Waals surface area contributed by atoms with Crippen LogP contribution in [0.4, 0.5) is 10.1 Å². The first kappa shape index (κ1) is 14.9. The number of hydrogen-bond donors (Lipinski definition) is 2. The van der Waals surface area contributed by atoms with Gasteiger partial charge in [0.25, 0.3) is 10.0 Å². The molecule has 0 saturated heterocycles. The topological polar surface area (TPSA) is 72.2 Å². The van der Waals surface area contributed by atoms with Crippen LogP contribution in [0.25, 0.3) is 0 Å². The number of nitrogens with one attached hydrogen (secondary N) is 1. The Bertz CT molecular complexity index is 769. The molecule has 0 bridgehead atoms. The Morgan fingerprint density at radius 3 is 2.60 bits per heavy atom. The number of aryl methyl sites for hydroxylation is 1. The Balaban J connectivity index is 2.45. The lowest BCUT2D eigenvalue weighted by Crippen LogP contribution is -2.18. The van der Waals surface area contributed by atoms with Crippen molar-refractivity contribution < 1.29 is 12.8 Å². The summed E-state index contributed by atoms with van der Waals surface area (Å²) in [7, 11) is -3.78. The number of thiocarbonyl (C=S) groups is 1. The van der Waals surface area contributed by atoms with Crippen LogP contribution in [0.15, 0.2) is 34.5 Å². The summed E-state index contributed by atoms with van der Waals surface area (Å²) in [5, 5.41) is 0. The number of benzene rings is 1. The minimum absolute atomic E-state index is 0.0311. The molecule has 0 spiro atoms. The van der Waals surface area contributed by atoms with Crippen molar-refractivity contribution in [1.29, 1.82) is 0 Å². The monoisotopic (exact) mass is 330 g/mol. The van der Waals surface area contributed by atoms with E-state index in [1.807, 2.05) is 0 Å². The van der Waals surface area contributed by atoms with Gasteiger partial charge in [-0.2, -0.15) is 0 Å². The molecule has 1 aromatic carbocycles. The van der Waals surface area contributed by atoms with Gasteiger partial charge in [0.05, 0.1) is 11.3 Å². The highest BCUT2D eigenvalue weighted by molar-refractivity contribution is 7.94. The second-order valence-electron chi connectivity index (χ2n) is 4.00. The normalized spacial score (nSPS) is 11.3. The fraction of sp³-hybridized carbons (Fsp3) is 0.0833. The molecule has 0 atom stereocenters. The third-order valence-corrected chi connectivity index (χ3v) is 5.55. The molecular formula is C12H11FN2O2S3. The van der Waals surface area contributed by atoms with E-state index in [1.165, 1.54) is 24.3 Å². The van der Waals surface area contributed by atoms with E-state index >= 15 is 0 Å². The predicted molar refractivity (Wildman–Crippen MR) is 82.2 cm³/mol. The lowest BCUT2D eigenvalue weighted by molar-refractivity contribution is 0.603. The highest BCUT2D eigenvalue weighted by Gasteiger charge is 2.20. The summed E-state index contributed by atoms with van der Waals surface area (Å²) in [6, 6.07) is 7.15. The molecule has 0 aliphatic heterocycles. The van der Waals surface area contributed by atoms with E-state index in [2.05, 4.69) is 4.72 Å². The Morgan fingerprint density at radius 2 is 2.05 bits per heavy atom. The quantitative estimate of drug-likeness (QED) is 0.845. The van der Waals surface area contributed by atoms with Crippen LogP contribution in [0, 0.1) is 12.7 Å². The highest BCUT2D eigenvalue weighted by atomic mass is 32.2. The summed E-state index contributed by atoms with van der Waals surface area (Å²) < 4.78 is 40.5. The second kappa shape index (κ2) is 5.47. The van der Waals surface area contributed by atoms with Crippen molar-refractivity contribution in [3.05, 3.63) is 46.6 Å². The largest absolute Gasteiger partial charge is 0.389 e. The molecule has 0 amide bonds. The van der Waals surface area contributed by atoms with Crippen molar-refractivity contribution in [2.45, 2.75) is 11.1 Å². The van der Waals surface area contributed by atoms with Crippen molar-refractivity contribution >= 4 is 44.3 Å². The molecule has 2 rings (SSSR count). The lowest BCUT2D eigenvalue weighted by atomic mass is 10.2. The predicted octanol–water partition coefficient (Wildman–Crippen LogP) is 2.63. The van der Waals surface area contributed by atoms with Gasteiger partial charge in [0.1, 0.15) is 15.0 Å². The zero-order valence-corrected chi connectivity index (χ0v) is 12.8. The number of hydrogen-bond acceptors (Lipinski definition) is 4. The van der Waals surface area contributed by atoms with Gasteiger partial charge in [0.15, 0.2) is 0 Å². The molecule has 4 nitrogen and oxygen atoms in total. The molecule has 20 heavy (non-hydrogen) atoms. The fourth-order valence-corrected chi connectivity index (χ4v) is 4.17. The van der Waals surface area contributed by atoms with Crippen LogP contribution in [0.1, 0.15) is 10.4 Å². The number of anilines is 1. The molecule has 2 aromatic rings. The summed E-state index contributed by atoms with van der Waals surface area (Å²) in [5.41, 5.74) is 5.36. The van der Waals surface area contributed by atoms with Crippen molar-refractivity contribution in [2.24, 2.45) is 5.73 Å². The molecule has 106 valence electrons. The Labute approximate surface area is 125 Å². The highest BCUT2D eigenvalue weighted by Crippen LogP contribution is 2.26. The van der Waals surface area contributed by atoms with Gasteiger partial charge in [0, 0.05) is 4.88 Å². The average molecular weight is 330 g/mol. The molecule has 0 aliphatic rings. The molecule has 8 heteroatoms. The third-order valence-electron chi connectivity index (χ3n) is 2.48. The maximum Gasteiger partial charge on any atom is 0.271 e. The van der Waals surface area contributed by atoms with Crippen LogP contribution in [0.2, 0.25) is 0 Å². The third kappa shape index (κ3) is 2.97. The summed E-state index contributed by atoms with van der Waals surface area (Å²) >= 11 is 5.88. The SMILES string of the molecule is Cc1ccc(S(=O)(=O)Nc2cccc(F)c2C(N)=S)s1.